The molecule has 2 fully saturated rings. The fraction of sp³-hybridized carbons (Fsp3) is 0.639. The van der Waals surface area contributed by atoms with E-state index in [2.05, 4.69) is 27.8 Å². The van der Waals surface area contributed by atoms with E-state index in [9.17, 15) is 32.4 Å². The molecule has 2 aliphatic rings. The minimum Gasteiger partial charge on any atom is -0.346 e. The number of hydrogen-bond acceptors (Lipinski definition) is 7. The molecular weight excluding hydrogens is 646 g/mol. The van der Waals surface area contributed by atoms with E-state index in [1.54, 1.807) is 52.8 Å². The second-order valence-corrected chi connectivity index (χ2v) is 17.4. The molecular formula is C36H55N5O7S. The van der Waals surface area contributed by atoms with Crippen molar-refractivity contribution in [1.29, 1.82) is 0 Å². The van der Waals surface area contributed by atoms with Crippen molar-refractivity contribution in [2.45, 2.75) is 104 Å². The number of hydrogen-bond donors (Lipinski definition) is 4. The number of carbonyl (C=O) groups is 5. The number of unbranched alkanes of at least 4 members (excludes halogenated alkanes) is 1. The summed E-state index contributed by atoms with van der Waals surface area (Å²) in [6.07, 6.45) is 3.07. The third kappa shape index (κ3) is 9.49. The van der Waals surface area contributed by atoms with Gasteiger partial charge in [-0.2, -0.15) is 0 Å². The molecule has 1 saturated carbocycles. The number of rotatable bonds is 16. The monoisotopic (exact) mass is 701 g/mol. The first-order valence-electron chi connectivity index (χ1n) is 17.2. The highest BCUT2D eigenvalue weighted by Crippen LogP contribution is 2.65. The van der Waals surface area contributed by atoms with Crippen LogP contribution in [0.1, 0.15) is 74.7 Å². The average Bonchev–Trinajstić information content (AvgIpc) is 3.34. The van der Waals surface area contributed by atoms with Crippen molar-refractivity contribution in [3.05, 3.63) is 43.0 Å². The van der Waals surface area contributed by atoms with Gasteiger partial charge in [-0.15, -0.1) is 6.58 Å². The van der Waals surface area contributed by atoms with E-state index in [-0.39, 0.29) is 46.8 Å². The Hall–Kier alpha value is -3.74. The Morgan fingerprint density at radius 1 is 1.04 bits per heavy atom. The predicted octanol–water partition coefficient (Wildman–Crippen LogP) is 3.23. The molecule has 3 rings (SSSR count). The molecule has 12 nitrogen and oxygen atoms in total. The summed E-state index contributed by atoms with van der Waals surface area (Å²) in [6.45, 7) is 19.0. The third-order valence-electron chi connectivity index (χ3n) is 9.88. The van der Waals surface area contributed by atoms with Gasteiger partial charge in [0.2, 0.25) is 17.6 Å². The van der Waals surface area contributed by atoms with Crippen LogP contribution in [0.3, 0.4) is 0 Å². The van der Waals surface area contributed by atoms with E-state index >= 15 is 0 Å². The number of fused-ring (bicyclic) bond motifs is 1. The topological polar surface area (TPSA) is 171 Å². The Bertz CT molecular complexity index is 1500. The number of Topliss-reactive ketones (excluding diaryl/α,β-unsaturated/α-hetero) is 1. The maximum Gasteiger partial charge on any atom is 0.315 e. The van der Waals surface area contributed by atoms with Gasteiger partial charge < -0.3 is 26.2 Å². The fourth-order valence-corrected chi connectivity index (χ4v) is 8.38. The minimum absolute atomic E-state index is 0.0378. The second-order valence-electron chi connectivity index (χ2n) is 15.3. The van der Waals surface area contributed by atoms with Crippen LogP contribution in [0.4, 0.5) is 4.79 Å². The summed E-state index contributed by atoms with van der Waals surface area (Å²) in [7, 11) is -3.71. The first-order valence-corrected chi connectivity index (χ1v) is 18.8. The van der Waals surface area contributed by atoms with Crippen molar-refractivity contribution in [1.82, 2.24) is 26.2 Å². The Labute approximate surface area is 291 Å². The second kappa shape index (κ2) is 15.9. The lowest BCUT2D eigenvalue weighted by Gasteiger charge is -2.38. The normalized spacial score (nSPS) is 21.5. The van der Waals surface area contributed by atoms with Crippen LogP contribution in [0.25, 0.3) is 0 Å². The highest BCUT2D eigenvalue weighted by molar-refractivity contribution is 7.91. The molecule has 4 N–H and O–H groups in total. The van der Waals surface area contributed by atoms with Crippen molar-refractivity contribution in [3.8, 4) is 0 Å². The van der Waals surface area contributed by atoms with Crippen LogP contribution in [-0.4, -0.2) is 85.9 Å². The number of piperidine rings is 1. The number of sulfone groups is 1. The van der Waals surface area contributed by atoms with Crippen molar-refractivity contribution in [2.75, 3.05) is 18.8 Å². The lowest BCUT2D eigenvalue weighted by molar-refractivity contribution is -0.145. The molecule has 0 aromatic heterocycles. The predicted molar refractivity (Wildman–Crippen MR) is 188 cm³/mol. The number of nitrogens with zero attached hydrogens (tertiary/aromatic N) is 1. The van der Waals surface area contributed by atoms with Gasteiger partial charge in [0.1, 0.15) is 12.1 Å². The molecule has 0 bridgehead atoms. The molecule has 1 unspecified atom stereocenters. The smallest absolute Gasteiger partial charge is 0.315 e. The van der Waals surface area contributed by atoms with Gasteiger partial charge in [0.05, 0.1) is 16.7 Å². The number of ketones is 1. The average molecular weight is 702 g/mol. The molecule has 1 aliphatic carbocycles. The molecule has 1 aromatic rings. The highest BCUT2D eigenvalue weighted by Gasteiger charge is 2.70. The molecule has 1 aliphatic heterocycles. The summed E-state index contributed by atoms with van der Waals surface area (Å²) in [5.41, 5.74) is -1.01. The number of likely N-dealkylation sites (tertiary alicyclic amines) is 1. The molecule has 0 spiro atoms. The maximum atomic E-state index is 14.3. The Kier molecular flexibility index (Phi) is 12.9. The lowest BCUT2D eigenvalue weighted by Crippen LogP contribution is -2.62. The van der Waals surface area contributed by atoms with Crippen LogP contribution < -0.4 is 21.3 Å². The number of benzene rings is 1. The zero-order valence-electron chi connectivity index (χ0n) is 30.2. The van der Waals surface area contributed by atoms with Crippen LogP contribution in [0, 0.1) is 28.6 Å². The molecule has 1 aromatic carbocycles. The first-order chi connectivity index (χ1) is 22.8. The van der Waals surface area contributed by atoms with Crippen molar-refractivity contribution in [2.24, 2.45) is 28.6 Å². The van der Waals surface area contributed by atoms with Gasteiger partial charge in [-0.25, -0.2) is 13.2 Å². The molecule has 272 valence electrons. The van der Waals surface area contributed by atoms with Gasteiger partial charge >= 0.3 is 6.03 Å². The summed E-state index contributed by atoms with van der Waals surface area (Å²) in [4.78, 5) is 69.0. The molecule has 1 saturated heterocycles. The first kappa shape index (κ1) is 39.7. The number of carbonyl (C=O) groups excluding carboxylic acids is 5. The number of amides is 5. The lowest BCUT2D eigenvalue weighted by atomic mass is 9.85. The van der Waals surface area contributed by atoms with Gasteiger partial charge in [-0.3, -0.25) is 19.2 Å². The van der Waals surface area contributed by atoms with Gasteiger partial charge in [0.15, 0.2) is 9.84 Å². The van der Waals surface area contributed by atoms with Crippen LogP contribution in [0.2, 0.25) is 0 Å². The van der Waals surface area contributed by atoms with Crippen LogP contribution in [0.5, 0.6) is 0 Å². The van der Waals surface area contributed by atoms with Crippen LogP contribution in [-0.2, 0) is 29.0 Å². The van der Waals surface area contributed by atoms with E-state index in [0.29, 0.717) is 13.0 Å². The van der Waals surface area contributed by atoms with Crippen molar-refractivity contribution < 1.29 is 32.4 Å². The molecule has 49 heavy (non-hydrogen) atoms. The number of nitrogens with one attached hydrogen (secondary N) is 4. The van der Waals surface area contributed by atoms with Crippen molar-refractivity contribution >= 4 is 39.4 Å². The standard InChI is InChI=1S/C36H55N5O7S/c1-10-12-18-25(29(42)32(44)37-19-11-2)38-31(43)28-27-24(36(27,8)9)20-41(28)33(45)30(35(5,6)7)40-34(46)39-26(22(3)4)21-49(47,48)23-16-14-13-15-17-23/h11,13-17,22,24-28,30H,2,10,12,18-21H2,1,3-9H3,(H,37,44)(H,38,43)(H2,39,40,46)/t24-,25?,26+,27-,28-,30+/m0/s1. The van der Waals surface area contributed by atoms with E-state index in [4.69, 9.17) is 0 Å². The summed E-state index contributed by atoms with van der Waals surface area (Å²) >= 11 is 0. The summed E-state index contributed by atoms with van der Waals surface area (Å²) in [6, 6.07) is 3.54. The maximum absolute atomic E-state index is 14.3. The number of urea groups is 1. The van der Waals surface area contributed by atoms with E-state index in [0.717, 1.165) is 6.42 Å². The fourth-order valence-electron chi connectivity index (χ4n) is 6.67. The van der Waals surface area contributed by atoms with E-state index in [1.165, 1.54) is 23.1 Å². The summed E-state index contributed by atoms with van der Waals surface area (Å²) in [5.74, 6) is -3.24. The zero-order valence-corrected chi connectivity index (χ0v) is 31.0. The third-order valence-corrected chi connectivity index (χ3v) is 11.7. The van der Waals surface area contributed by atoms with Gasteiger partial charge in [-0.1, -0.05) is 92.5 Å². The van der Waals surface area contributed by atoms with Gasteiger partial charge in [-0.05, 0) is 47.1 Å². The zero-order chi connectivity index (χ0) is 36.9. The largest absolute Gasteiger partial charge is 0.346 e. The SMILES string of the molecule is C=CCNC(=O)C(=O)C(CCCC)NC(=O)[C@@H]1[C@@H]2[C@H](CN1C(=O)[C@@H](NC(=O)N[C@H](CS(=O)(=O)c1ccccc1)C(C)C)C(C)(C)C)C2(C)C. The molecule has 6 atom stereocenters. The van der Waals surface area contributed by atoms with Crippen LogP contribution >= 0.6 is 0 Å². The van der Waals surface area contributed by atoms with E-state index in [1.807, 2.05) is 20.8 Å². The molecule has 13 heteroatoms. The highest BCUT2D eigenvalue weighted by atomic mass is 32.2. The summed E-state index contributed by atoms with van der Waals surface area (Å²) < 4.78 is 26.2. The van der Waals surface area contributed by atoms with Gasteiger partial charge in [0.25, 0.3) is 5.91 Å². The van der Waals surface area contributed by atoms with Crippen LogP contribution in [0.15, 0.2) is 47.9 Å². The Balaban J connectivity index is 1.82. The van der Waals surface area contributed by atoms with Gasteiger partial charge in [0, 0.05) is 19.1 Å². The minimum atomic E-state index is -3.71. The van der Waals surface area contributed by atoms with Crippen molar-refractivity contribution in [3.63, 3.8) is 0 Å². The molecule has 0 radical (unpaired) electrons. The Morgan fingerprint density at radius 3 is 2.22 bits per heavy atom. The molecule has 1 heterocycles. The quantitative estimate of drug-likeness (QED) is 0.151. The van der Waals surface area contributed by atoms with E-state index < -0.39 is 69.0 Å². The molecule has 5 amide bonds. The Morgan fingerprint density at radius 2 is 1.67 bits per heavy atom. The summed E-state index contributed by atoms with van der Waals surface area (Å²) in [5, 5.41) is 10.8.